The number of hydrogen-bond donors (Lipinski definition) is 1. The molecule has 0 saturated heterocycles. The molecule has 0 saturated carbocycles. The maximum atomic E-state index is 5.55. The summed E-state index contributed by atoms with van der Waals surface area (Å²) >= 11 is 0. The second-order valence-corrected chi connectivity index (χ2v) is 3.30. The highest BCUT2D eigenvalue weighted by molar-refractivity contribution is 5.04. The van der Waals surface area contributed by atoms with Crippen LogP contribution >= 0.6 is 0 Å². The average Bonchev–Trinajstić information content (AvgIpc) is 2.27. The Kier molecular flexibility index (Phi) is 5.21. The van der Waals surface area contributed by atoms with Gasteiger partial charge in [0.1, 0.15) is 6.10 Å². The minimum atomic E-state index is 0.00715. The number of rotatable bonds is 6. The summed E-state index contributed by atoms with van der Waals surface area (Å²) in [7, 11) is 0. The minimum Gasteiger partial charge on any atom is -0.371 e. The summed E-state index contributed by atoms with van der Waals surface area (Å²) in [6.07, 6.45) is 3.46. The molecule has 0 aliphatic heterocycles. The summed E-state index contributed by atoms with van der Waals surface area (Å²) in [5, 5.41) is 0. The second kappa shape index (κ2) is 6.48. The molecular formula is C11H19N3O. The van der Waals surface area contributed by atoms with Crippen LogP contribution in [0.1, 0.15) is 37.9 Å². The van der Waals surface area contributed by atoms with E-state index < -0.39 is 0 Å². The highest BCUT2D eigenvalue weighted by atomic mass is 16.5. The Morgan fingerprint density at radius 3 is 2.87 bits per heavy atom. The van der Waals surface area contributed by atoms with E-state index in [4.69, 9.17) is 10.5 Å². The van der Waals surface area contributed by atoms with Crippen molar-refractivity contribution in [2.45, 2.75) is 32.8 Å². The van der Waals surface area contributed by atoms with Crippen molar-refractivity contribution in [3.63, 3.8) is 0 Å². The van der Waals surface area contributed by atoms with Crippen LogP contribution in [0.15, 0.2) is 12.3 Å². The first-order valence-electron chi connectivity index (χ1n) is 5.45. The van der Waals surface area contributed by atoms with E-state index in [9.17, 15) is 0 Å². The molecule has 0 aliphatic rings. The zero-order valence-electron chi connectivity index (χ0n) is 9.44. The van der Waals surface area contributed by atoms with Crippen molar-refractivity contribution in [3.8, 4) is 0 Å². The summed E-state index contributed by atoms with van der Waals surface area (Å²) < 4.78 is 5.55. The lowest BCUT2D eigenvalue weighted by Gasteiger charge is -2.13. The molecule has 1 aromatic rings. The molecule has 1 aromatic heterocycles. The summed E-state index contributed by atoms with van der Waals surface area (Å²) in [6, 6.07) is 1.90. The van der Waals surface area contributed by atoms with E-state index >= 15 is 0 Å². The standard InChI is InChI=1S/C11H19N3O/c1-3-10(15-4-2)11-13-8-6-9(14-11)5-7-12/h6,8,10H,3-5,7,12H2,1-2H3. The highest BCUT2D eigenvalue weighted by Gasteiger charge is 2.12. The number of ether oxygens (including phenoxy) is 1. The Labute approximate surface area is 90.9 Å². The Hall–Kier alpha value is -1.00. The van der Waals surface area contributed by atoms with Gasteiger partial charge in [-0.15, -0.1) is 0 Å². The van der Waals surface area contributed by atoms with Crippen molar-refractivity contribution < 1.29 is 4.74 Å². The molecular weight excluding hydrogens is 190 g/mol. The smallest absolute Gasteiger partial charge is 0.157 e. The van der Waals surface area contributed by atoms with Gasteiger partial charge in [-0.3, -0.25) is 0 Å². The van der Waals surface area contributed by atoms with Gasteiger partial charge in [-0.05, 0) is 26.0 Å². The SMILES string of the molecule is CCOC(CC)c1nccc(CCN)n1. The molecule has 15 heavy (non-hydrogen) atoms. The first-order valence-corrected chi connectivity index (χ1v) is 5.45. The van der Waals surface area contributed by atoms with Gasteiger partial charge in [-0.2, -0.15) is 0 Å². The first kappa shape index (κ1) is 12.1. The van der Waals surface area contributed by atoms with E-state index in [1.807, 2.05) is 13.0 Å². The van der Waals surface area contributed by atoms with Crippen molar-refractivity contribution in [1.82, 2.24) is 9.97 Å². The summed E-state index contributed by atoms with van der Waals surface area (Å²) in [6.45, 7) is 5.34. The number of hydrogen-bond acceptors (Lipinski definition) is 4. The quantitative estimate of drug-likeness (QED) is 0.770. The lowest BCUT2D eigenvalue weighted by molar-refractivity contribution is 0.0533. The van der Waals surface area contributed by atoms with Gasteiger partial charge in [0.15, 0.2) is 5.82 Å². The number of aromatic nitrogens is 2. The van der Waals surface area contributed by atoms with Crippen molar-refractivity contribution >= 4 is 0 Å². The Morgan fingerprint density at radius 1 is 1.47 bits per heavy atom. The lowest BCUT2D eigenvalue weighted by atomic mass is 10.2. The molecule has 1 heterocycles. The average molecular weight is 209 g/mol. The molecule has 0 aromatic carbocycles. The van der Waals surface area contributed by atoms with Gasteiger partial charge in [0.05, 0.1) is 0 Å². The predicted octanol–water partition coefficient (Wildman–Crippen LogP) is 1.47. The molecule has 1 atom stereocenters. The Balaban J connectivity index is 2.77. The first-order chi connectivity index (χ1) is 7.31. The van der Waals surface area contributed by atoms with Crippen molar-refractivity contribution in [2.75, 3.05) is 13.2 Å². The van der Waals surface area contributed by atoms with Gasteiger partial charge in [0, 0.05) is 24.9 Å². The van der Waals surface area contributed by atoms with Crippen LogP contribution < -0.4 is 5.73 Å². The monoisotopic (exact) mass is 209 g/mol. The molecule has 84 valence electrons. The topological polar surface area (TPSA) is 61.0 Å². The van der Waals surface area contributed by atoms with Crippen molar-refractivity contribution in [1.29, 1.82) is 0 Å². The highest BCUT2D eigenvalue weighted by Crippen LogP contribution is 2.16. The molecule has 0 aliphatic carbocycles. The zero-order valence-corrected chi connectivity index (χ0v) is 9.44. The third-order valence-electron chi connectivity index (χ3n) is 2.16. The molecule has 1 rings (SSSR count). The van der Waals surface area contributed by atoms with Crippen molar-refractivity contribution in [3.05, 3.63) is 23.8 Å². The lowest BCUT2D eigenvalue weighted by Crippen LogP contribution is -2.11. The van der Waals surface area contributed by atoms with Crippen LogP contribution in [0.25, 0.3) is 0 Å². The molecule has 4 nitrogen and oxygen atoms in total. The molecule has 0 radical (unpaired) electrons. The molecule has 0 spiro atoms. The fraction of sp³-hybridized carbons (Fsp3) is 0.636. The third kappa shape index (κ3) is 3.57. The third-order valence-corrected chi connectivity index (χ3v) is 2.16. The maximum absolute atomic E-state index is 5.55. The fourth-order valence-corrected chi connectivity index (χ4v) is 1.43. The van der Waals surface area contributed by atoms with E-state index in [0.29, 0.717) is 13.2 Å². The molecule has 1 unspecified atom stereocenters. The molecule has 0 bridgehead atoms. The van der Waals surface area contributed by atoms with E-state index in [1.54, 1.807) is 6.20 Å². The van der Waals surface area contributed by atoms with Gasteiger partial charge in [0.2, 0.25) is 0 Å². The second-order valence-electron chi connectivity index (χ2n) is 3.30. The zero-order chi connectivity index (χ0) is 11.1. The van der Waals surface area contributed by atoms with Crippen LogP contribution in [0.5, 0.6) is 0 Å². The van der Waals surface area contributed by atoms with E-state index in [0.717, 1.165) is 24.4 Å². The fourth-order valence-electron chi connectivity index (χ4n) is 1.43. The van der Waals surface area contributed by atoms with Crippen LogP contribution in [0, 0.1) is 0 Å². The number of nitrogens with zero attached hydrogens (tertiary/aromatic N) is 2. The van der Waals surface area contributed by atoms with Gasteiger partial charge >= 0.3 is 0 Å². The van der Waals surface area contributed by atoms with Gasteiger partial charge in [0.25, 0.3) is 0 Å². The van der Waals surface area contributed by atoms with Gasteiger partial charge < -0.3 is 10.5 Å². The van der Waals surface area contributed by atoms with Crippen LogP contribution in [0.3, 0.4) is 0 Å². The molecule has 0 amide bonds. The van der Waals surface area contributed by atoms with E-state index in [-0.39, 0.29) is 6.10 Å². The minimum absolute atomic E-state index is 0.00715. The molecule has 2 N–H and O–H groups in total. The molecule has 4 heteroatoms. The summed E-state index contributed by atoms with van der Waals surface area (Å²) in [5.41, 5.74) is 6.47. The maximum Gasteiger partial charge on any atom is 0.157 e. The van der Waals surface area contributed by atoms with Crippen LogP contribution in [-0.4, -0.2) is 23.1 Å². The Morgan fingerprint density at radius 2 is 2.27 bits per heavy atom. The summed E-state index contributed by atoms with van der Waals surface area (Å²) in [5.74, 6) is 0.769. The largest absolute Gasteiger partial charge is 0.371 e. The van der Waals surface area contributed by atoms with Gasteiger partial charge in [-0.1, -0.05) is 6.92 Å². The van der Waals surface area contributed by atoms with Crippen molar-refractivity contribution in [2.24, 2.45) is 5.73 Å². The van der Waals surface area contributed by atoms with E-state index in [2.05, 4.69) is 16.9 Å². The predicted molar refractivity (Wildman–Crippen MR) is 59.4 cm³/mol. The summed E-state index contributed by atoms with van der Waals surface area (Å²) in [4.78, 5) is 8.67. The normalized spacial score (nSPS) is 12.7. The molecule has 0 fully saturated rings. The Bertz CT molecular complexity index is 291. The van der Waals surface area contributed by atoms with Crippen LogP contribution in [0.2, 0.25) is 0 Å². The van der Waals surface area contributed by atoms with Crippen LogP contribution in [-0.2, 0) is 11.2 Å². The van der Waals surface area contributed by atoms with E-state index in [1.165, 1.54) is 0 Å². The van der Waals surface area contributed by atoms with Gasteiger partial charge in [-0.25, -0.2) is 9.97 Å². The number of nitrogens with two attached hydrogens (primary N) is 1. The van der Waals surface area contributed by atoms with Crippen LogP contribution in [0.4, 0.5) is 0 Å².